The number of nitrogens with zero attached hydrogens (tertiary/aromatic N) is 2. The molecule has 0 fully saturated rings. The molecule has 0 saturated carbocycles. The quantitative estimate of drug-likeness (QED) is 0.594. The summed E-state index contributed by atoms with van der Waals surface area (Å²) in [5.74, 6) is 2.47. The molecule has 0 amide bonds. The van der Waals surface area contributed by atoms with Crippen LogP contribution in [0.3, 0.4) is 0 Å². The molecule has 3 nitrogen and oxygen atoms in total. The van der Waals surface area contributed by atoms with Crippen molar-refractivity contribution in [2.75, 3.05) is 11.9 Å². The van der Waals surface area contributed by atoms with Gasteiger partial charge in [0.2, 0.25) is 0 Å². The second kappa shape index (κ2) is 7.57. The van der Waals surface area contributed by atoms with E-state index in [1.54, 1.807) is 0 Å². The van der Waals surface area contributed by atoms with Gasteiger partial charge < -0.3 is 5.32 Å². The van der Waals surface area contributed by atoms with E-state index in [2.05, 4.69) is 36.1 Å². The standard InChI is InChI=1S/C14H24ClN3/c1-5-7-12-17-13(15)11(4)14(18-12)16-9-6-8-10(2)3/h10H,5-9H2,1-4H3,(H,16,17,18). The third kappa shape index (κ3) is 4.81. The maximum atomic E-state index is 6.13. The minimum absolute atomic E-state index is 0.569. The van der Waals surface area contributed by atoms with Crippen molar-refractivity contribution in [3.05, 3.63) is 16.5 Å². The van der Waals surface area contributed by atoms with Gasteiger partial charge in [-0.2, -0.15) is 0 Å². The molecule has 1 aromatic rings. The van der Waals surface area contributed by atoms with Crippen molar-refractivity contribution >= 4 is 17.4 Å². The Morgan fingerprint density at radius 1 is 1.28 bits per heavy atom. The van der Waals surface area contributed by atoms with Gasteiger partial charge in [0.1, 0.15) is 16.8 Å². The SMILES string of the molecule is CCCc1nc(Cl)c(C)c(NCCCC(C)C)n1. The zero-order chi connectivity index (χ0) is 13.5. The van der Waals surface area contributed by atoms with E-state index in [1.165, 1.54) is 6.42 Å². The molecule has 0 unspecified atom stereocenters. The molecule has 0 aromatic carbocycles. The van der Waals surface area contributed by atoms with Crippen molar-refractivity contribution in [2.24, 2.45) is 5.92 Å². The summed E-state index contributed by atoms with van der Waals surface area (Å²) in [6, 6.07) is 0. The summed E-state index contributed by atoms with van der Waals surface area (Å²) in [4.78, 5) is 8.83. The smallest absolute Gasteiger partial charge is 0.137 e. The van der Waals surface area contributed by atoms with Gasteiger partial charge in [-0.25, -0.2) is 9.97 Å². The molecule has 0 aliphatic heterocycles. The van der Waals surface area contributed by atoms with Gasteiger partial charge >= 0.3 is 0 Å². The van der Waals surface area contributed by atoms with Crippen LogP contribution in [0.25, 0.3) is 0 Å². The highest BCUT2D eigenvalue weighted by Crippen LogP contribution is 2.20. The normalized spacial score (nSPS) is 11.0. The summed E-state index contributed by atoms with van der Waals surface area (Å²) in [5.41, 5.74) is 0.945. The van der Waals surface area contributed by atoms with Gasteiger partial charge in [0.25, 0.3) is 0 Å². The van der Waals surface area contributed by atoms with Crippen LogP contribution in [0.2, 0.25) is 5.15 Å². The summed E-state index contributed by atoms with van der Waals surface area (Å²) >= 11 is 6.13. The second-order valence-corrected chi connectivity index (χ2v) is 5.48. The largest absolute Gasteiger partial charge is 0.370 e. The van der Waals surface area contributed by atoms with Crippen LogP contribution in [0.5, 0.6) is 0 Å². The first kappa shape index (κ1) is 15.2. The van der Waals surface area contributed by atoms with E-state index in [-0.39, 0.29) is 0 Å². The van der Waals surface area contributed by atoms with Crippen LogP contribution in [0.1, 0.15) is 51.4 Å². The number of halogens is 1. The maximum absolute atomic E-state index is 6.13. The lowest BCUT2D eigenvalue weighted by Gasteiger charge is -2.11. The van der Waals surface area contributed by atoms with E-state index in [9.17, 15) is 0 Å². The number of aromatic nitrogens is 2. The van der Waals surface area contributed by atoms with Crippen LogP contribution < -0.4 is 5.32 Å². The summed E-state index contributed by atoms with van der Waals surface area (Å²) < 4.78 is 0. The predicted molar refractivity (Wildman–Crippen MR) is 78.3 cm³/mol. The van der Waals surface area contributed by atoms with E-state index in [1.807, 2.05) is 6.92 Å². The fourth-order valence-corrected chi connectivity index (χ4v) is 1.94. The Labute approximate surface area is 115 Å². The Morgan fingerprint density at radius 3 is 2.61 bits per heavy atom. The molecule has 0 saturated heterocycles. The average Bonchev–Trinajstić information content (AvgIpc) is 2.30. The Hall–Kier alpha value is -0.830. The van der Waals surface area contributed by atoms with Crippen LogP contribution >= 0.6 is 11.6 Å². The maximum Gasteiger partial charge on any atom is 0.137 e. The first-order valence-electron chi connectivity index (χ1n) is 6.81. The molecule has 1 heterocycles. The summed E-state index contributed by atoms with van der Waals surface area (Å²) in [6.07, 6.45) is 4.29. The van der Waals surface area contributed by atoms with Crippen LogP contribution in [-0.4, -0.2) is 16.5 Å². The summed E-state index contributed by atoms with van der Waals surface area (Å²) in [5, 5.41) is 3.94. The lowest BCUT2D eigenvalue weighted by molar-refractivity contribution is 0.566. The topological polar surface area (TPSA) is 37.8 Å². The number of rotatable bonds is 7. The monoisotopic (exact) mass is 269 g/mol. The first-order chi connectivity index (χ1) is 8.54. The van der Waals surface area contributed by atoms with Crippen LogP contribution in [0.4, 0.5) is 5.82 Å². The van der Waals surface area contributed by atoms with Gasteiger partial charge in [-0.15, -0.1) is 0 Å². The fourth-order valence-electron chi connectivity index (χ4n) is 1.76. The molecule has 1 rings (SSSR count). The molecule has 1 aromatic heterocycles. The second-order valence-electron chi connectivity index (χ2n) is 5.12. The molecule has 102 valence electrons. The molecule has 0 bridgehead atoms. The highest BCUT2D eigenvalue weighted by Gasteiger charge is 2.08. The van der Waals surface area contributed by atoms with Gasteiger partial charge in [0.05, 0.1) is 0 Å². The van der Waals surface area contributed by atoms with Crippen LogP contribution in [0.15, 0.2) is 0 Å². The third-order valence-corrected chi connectivity index (χ3v) is 3.23. The van der Waals surface area contributed by atoms with E-state index in [4.69, 9.17) is 11.6 Å². The molecular formula is C14H24ClN3. The fraction of sp³-hybridized carbons (Fsp3) is 0.714. The van der Waals surface area contributed by atoms with Crippen molar-refractivity contribution in [1.82, 2.24) is 9.97 Å². The molecule has 0 radical (unpaired) electrons. The lowest BCUT2D eigenvalue weighted by atomic mass is 10.1. The number of hydrogen-bond acceptors (Lipinski definition) is 3. The van der Waals surface area contributed by atoms with E-state index >= 15 is 0 Å². The summed E-state index contributed by atoms with van der Waals surface area (Å²) in [6.45, 7) is 9.51. The number of aryl methyl sites for hydroxylation is 1. The summed E-state index contributed by atoms with van der Waals surface area (Å²) in [7, 11) is 0. The van der Waals surface area contributed by atoms with Gasteiger partial charge in [-0.1, -0.05) is 32.4 Å². The molecule has 18 heavy (non-hydrogen) atoms. The third-order valence-electron chi connectivity index (χ3n) is 2.86. The van der Waals surface area contributed by atoms with Gasteiger partial charge in [0, 0.05) is 18.5 Å². The van der Waals surface area contributed by atoms with Crippen molar-refractivity contribution in [3.8, 4) is 0 Å². The first-order valence-corrected chi connectivity index (χ1v) is 7.19. The Morgan fingerprint density at radius 2 is 2.00 bits per heavy atom. The molecule has 0 aliphatic carbocycles. The zero-order valence-electron chi connectivity index (χ0n) is 11.9. The minimum atomic E-state index is 0.569. The van der Waals surface area contributed by atoms with Crippen molar-refractivity contribution in [2.45, 2.75) is 53.4 Å². The highest BCUT2D eigenvalue weighted by molar-refractivity contribution is 6.30. The van der Waals surface area contributed by atoms with Gasteiger partial charge in [0.15, 0.2) is 0 Å². The number of hydrogen-bond donors (Lipinski definition) is 1. The molecule has 0 atom stereocenters. The van der Waals surface area contributed by atoms with E-state index in [0.717, 1.165) is 48.9 Å². The van der Waals surface area contributed by atoms with E-state index in [0.29, 0.717) is 5.15 Å². The molecule has 4 heteroatoms. The number of anilines is 1. The molecule has 0 spiro atoms. The van der Waals surface area contributed by atoms with Crippen molar-refractivity contribution in [3.63, 3.8) is 0 Å². The Bertz CT molecular complexity index is 378. The highest BCUT2D eigenvalue weighted by atomic mass is 35.5. The zero-order valence-corrected chi connectivity index (χ0v) is 12.6. The molecule has 0 aliphatic rings. The van der Waals surface area contributed by atoms with Crippen molar-refractivity contribution in [1.29, 1.82) is 0 Å². The lowest BCUT2D eigenvalue weighted by Crippen LogP contribution is -2.09. The van der Waals surface area contributed by atoms with E-state index < -0.39 is 0 Å². The van der Waals surface area contributed by atoms with Crippen LogP contribution in [0, 0.1) is 12.8 Å². The van der Waals surface area contributed by atoms with Gasteiger partial charge in [-0.05, 0) is 32.1 Å². The Balaban J connectivity index is 2.63. The number of nitrogens with one attached hydrogen (secondary N) is 1. The molecule has 1 N–H and O–H groups in total. The minimum Gasteiger partial charge on any atom is -0.370 e. The van der Waals surface area contributed by atoms with Crippen molar-refractivity contribution < 1.29 is 0 Å². The average molecular weight is 270 g/mol. The van der Waals surface area contributed by atoms with Crippen LogP contribution in [-0.2, 0) is 6.42 Å². The molecular weight excluding hydrogens is 246 g/mol. The Kier molecular flexibility index (Phi) is 6.41. The van der Waals surface area contributed by atoms with Gasteiger partial charge in [-0.3, -0.25) is 0 Å². The predicted octanol–water partition coefficient (Wildman–Crippen LogP) is 4.24.